The predicted molar refractivity (Wildman–Crippen MR) is 76.0 cm³/mol. The molecular formula is C15H13F2NOS. The van der Waals surface area contributed by atoms with Gasteiger partial charge in [0.1, 0.15) is 5.60 Å². The summed E-state index contributed by atoms with van der Waals surface area (Å²) in [6.07, 6.45) is -2.79. The van der Waals surface area contributed by atoms with Crippen LogP contribution >= 0.6 is 11.3 Å². The van der Waals surface area contributed by atoms with Crippen molar-refractivity contribution < 1.29 is 13.5 Å². The van der Waals surface area contributed by atoms with Gasteiger partial charge in [0.25, 0.3) is 0 Å². The Morgan fingerprint density at radius 1 is 1.25 bits per heavy atom. The average molecular weight is 293 g/mol. The van der Waals surface area contributed by atoms with Gasteiger partial charge in [0, 0.05) is 5.56 Å². The molecular weight excluding hydrogens is 280 g/mol. The molecule has 1 aliphatic rings. The van der Waals surface area contributed by atoms with Crippen LogP contribution in [0.15, 0.2) is 46.8 Å². The van der Waals surface area contributed by atoms with Gasteiger partial charge in [-0.3, -0.25) is 0 Å². The van der Waals surface area contributed by atoms with E-state index >= 15 is 0 Å². The second kappa shape index (κ2) is 4.98. The summed E-state index contributed by atoms with van der Waals surface area (Å²) >= 11 is 1.48. The van der Waals surface area contributed by atoms with Crippen LogP contribution in [0.25, 0.3) is 0 Å². The van der Waals surface area contributed by atoms with Gasteiger partial charge >= 0.3 is 0 Å². The Morgan fingerprint density at radius 2 is 2.05 bits per heavy atom. The summed E-state index contributed by atoms with van der Waals surface area (Å²) in [5, 5.41) is 1.91. The molecule has 0 N–H and O–H groups in total. The number of ether oxygens (including phenoxy) is 1. The smallest absolute Gasteiger partial charge is 0.242 e. The maximum Gasteiger partial charge on any atom is 0.242 e. The lowest BCUT2D eigenvalue weighted by molar-refractivity contribution is -0.00295. The number of alkyl halides is 2. The van der Waals surface area contributed by atoms with Crippen molar-refractivity contribution in [1.82, 2.24) is 0 Å². The molecule has 0 bridgehead atoms. The first-order valence-electron chi connectivity index (χ1n) is 6.28. The van der Waals surface area contributed by atoms with Gasteiger partial charge in [-0.15, -0.1) is 11.3 Å². The number of thiophene rings is 1. The highest BCUT2D eigenvalue weighted by Crippen LogP contribution is 2.42. The number of benzene rings is 1. The molecule has 1 aromatic carbocycles. The fourth-order valence-electron chi connectivity index (χ4n) is 2.37. The summed E-state index contributed by atoms with van der Waals surface area (Å²) in [7, 11) is 0. The van der Waals surface area contributed by atoms with Crippen LogP contribution in [0.2, 0.25) is 0 Å². The van der Waals surface area contributed by atoms with E-state index in [9.17, 15) is 8.78 Å². The first-order valence-corrected chi connectivity index (χ1v) is 7.16. The first-order chi connectivity index (χ1) is 9.58. The second-order valence-electron chi connectivity index (χ2n) is 4.84. The third kappa shape index (κ3) is 2.33. The number of para-hydroxylation sites is 1. The quantitative estimate of drug-likeness (QED) is 0.802. The highest BCUT2D eigenvalue weighted by Gasteiger charge is 2.38. The lowest BCUT2D eigenvalue weighted by atomic mass is 9.90. The molecule has 0 aliphatic carbocycles. The highest BCUT2D eigenvalue weighted by atomic mass is 32.1. The van der Waals surface area contributed by atoms with Crippen LogP contribution in [0.3, 0.4) is 0 Å². The third-order valence-electron chi connectivity index (χ3n) is 3.29. The van der Waals surface area contributed by atoms with Crippen LogP contribution in [-0.2, 0) is 10.3 Å². The molecule has 1 aromatic heterocycles. The molecule has 2 heterocycles. The number of rotatable bonds is 3. The second-order valence-corrected chi connectivity index (χ2v) is 5.79. The topological polar surface area (TPSA) is 21.6 Å². The predicted octanol–water partition coefficient (Wildman–Crippen LogP) is 4.73. The average Bonchev–Trinajstić information content (AvgIpc) is 2.91. The van der Waals surface area contributed by atoms with Gasteiger partial charge in [0.2, 0.25) is 12.3 Å². The molecule has 104 valence electrons. The summed E-state index contributed by atoms with van der Waals surface area (Å²) < 4.78 is 31.7. The number of hydrogen-bond donors (Lipinski definition) is 0. The zero-order valence-corrected chi connectivity index (χ0v) is 11.7. The van der Waals surface area contributed by atoms with Crippen molar-refractivity contribution >= 4 is 22.9 Å². The fourth-order valence-corrected chi connectivity index (χ4v) is 3.02. The number of halogens is 2. The number of fused-ring (bicyclic) bond motifs is 1. The van der Waals surface area contributed by atoms with E-state index in [1.807, 2.05) is 35.7 Å². The third-order valence-corrected chi connectivity index (χ3v) is 4.15. The van der Waals surface area contributed by atoms with E-state index in [-0.39, 0.29) is 6.42 Å². The van der Waals surface area contributed by atoms with E-state index in [1.54, 1.807) is 13.0 Å². The van der Waals surface area contributed by atoms with Crippen molar-refractivity contribution in [2.45, 2.75) is 25.4 Å². The molecule has 2 nitrogen and oxygen atoms in total. The summed E-state index contributed by atoms with van der Waals surface area (Å²) in [6.45, 7) is 1.69. The maximum absolute atomic E-state index is 12.9. The van der Waals surface area contributed by atoms with E-state index in [0.717, 1.165) is 4.88 Å². The van der Waals surface area contributed by atoms with Crippen LogP contribution in [0.4, 0.5) is 14.5 Å². The molecule has 0 unspecified atom stereocenters. The van der Waals surface area contributed by atoms with Crippen LogP contribution in [0.1, 0.15) is 23.8 Å². The SMILES string of the molecule is C[C@]1(CC(F)F)OC(c2cccs2)=Nc2ccccc21. The summed E-state index contributed by atoms with van der Waals surface area (Å²) in [5.74, 6) is 0.418. The van der Waals surface area contributed by atoms with Crippen LogP contribution in [0, 0.1) is 0 Å². The lowest BCUT2D eigenvalue weighted by Gasteiger charge is -2.35. The van der Waals surface area contributed by atoms with Gasteiger partial charge in [-0.1, -0.05) is 24.3 Å². The van der Waals surface area contributed by atoms with Crippen molar-refractivity contribution in [3.63, 3.8) is 0 Å². The summed E-state index contributed by atoms with van der Waals surface area (Å²) in [4.78, 5) is 5.30. The van der Waals surface area contributed by atoms with Gasteiger partial charge in [0.05, 0.1) is 17.0 Å². The standard InChI is InChI=1S/C15H13F2NOS/c1-15(9-13(16)17)10-5-2-3-6-11(10)18-14(19-15)12-7-4-8-20-12/h2-8,13H,9H2,1H3/t15-/m1/s1. The minimum absolute atomic E-state index is 0.353. The lowest BCUT2D eigenvalue weighted by Crippen LogP contribution is -2.34. The summed E-state index contributed by atoms with van der Waals surface area (Å²) in [5.41, 5.74) is 0.358. The van der Waals surface area contributed by atoms with E-state index in [4.69, 9.17) is 4.74 Å². The van der Waals surface area contributed by atoms with Crippen molar-refractivity contribution in [3.8, 4) is 0 Å². The molecule has 2 aromatic rings. The number of aliphatic imine (C=N–C) groups is 1. The van der Waals surface area contributed by atoms with E-state index in [0.29, 0.717) is 17.1 Å². The number of hydrogen-bond acceptors (Lipinski definition) is 3. The Hall–Kier alpha value is -1.75. The van der Waals surface area contributed by atoms with Crippen molar-refractivity contribution in [2.24, 2.45) is 4.99 Å². The molecule has 0 saturated carbocycles. The van der Waals surface area contributed by atoms with Gasteiger partial charge < -0.3 is 4.74 Å². The highest BCUT2D eigenvalue weighted by molar-refractivity contribution is 7.12. The van der Waals surface area contributed by atoms with Gasteiger partial charge in [-0.05, 0) is 24.4 Å². The molecule has 0 spiro atoms. The monoisotopic (exact) mass is 293 g/mol. The van der Waals surface area contributed by atoms with Gasteiger partial charge in [-0.2, -0.15) is 0 Å². The Bertz CT molecular complexity index is 639. The summed E-state index contributed by atoms with van der Waals surface area (Å²) in [6, 6.07) is 11.1. The van der Waals surface area contributed by atoms with E-state index in [1.165, 1.54) is 11.3 Å². The minimum Gasteiger partial charge on any atom is -0.465 e. The van der Waals surface area contributed by atoms with Crippen LogP contribution in [-0.4, -0.2) is 12.3 Å². The maximum atomic E-state index is 12.9. The van der Waals surface area contributed by atoms with Gasteiger partial charge in [0.15, 0.2) is 0 Å². The molecule has 20 heavy (non-hydrogen) atoms. The fraction of sp³-hybridized carbons (Fsp3) is 0.267. The molecule has 1 aliphatic heterocycles. The Morgan fingerprint density at radius 3 is 2.75 bits per heavy atom. The molecule has 0 radical (unpaired) electrons. The Balaban J connectivity index is 2.09. The minimum atomic E-state index is -2.43. The largest absolute Gasteiger partial charge is 0.465 e. The Kier molecular flexibility index (Phi) is 3.30. The van der Waals surface area contributed by atoms with Gasteiger partial charge in [-0.25, -0.2) is 13.8 Å². The molecule has 5 heteroatoms. The zero-order valence-electron chi connectivity index (χ0n) is 10.8. The van der Waals surface area contributed by atoms with E-state index in [2.05, 4.69) is 4.99 Å². The molecule has 0 amide bonds. The normalized spacial score (nSPS) is 21.3. The molecule has 1 atom stereocenters. The van der Waals surface area contributed by atoms with Crippen molar-refractivity contribution in [1.29, 1.82) is 0 Å². The van der Waals surface area contributed by atoms with Crippen LogP contribution < -0.4 is 0 Å². The van der Waals surface area contributed by atoms with Crippen molar-refractivity contribution in [2.75, 3.05) is 0 Å². The molecule has 3 rings (SSSR count). The zero-order chi connectivity index (χ0) is 14.2. The van der Waals surface area contributed by atoms with Crippen LogP contribution in [0.5, 0.6) is 0 Å². The Labute approximate surface area is 119 Å². The number of nitrogens with zero attached hydrogens (tertiary/aromatic N) is 1. The molecule has 0 saturated heterocycles. The first kappa shape index (κ1) is 13.2. The van der Waals surface area contributed by atoms with E-state index < -0.39 is 12.0 Å². The van der Waals surface area contributed by atoms with Crippen molar-refractivity contribution in [3.05, 3.63) is 52.2 Å². The molecule has 0 fully saturated rings.